The SMILES string of the molecule is COc1ccc(-c2nnn3c2CN[C@@H](c2ccccc2)C3)cc1. The summed E-state index contributed by atoms with van der Waals surface area (Å²) >= 11 is 0. The van der Waals surface area contributed by atoms with Crippen molar-refractivity contribution in [1.82, 2.24) is 20.3 Å². The van der Waals surface area contributed by atoms with E-state index in [1.54, 1.807) is 7.11 Å². The maximum Gasteiger partial charge on any atom is 0.118 e. The van der Waals surface area contributed by atoms with Gasteiger partial charge in [0.2, 0.25) is 0 Å². The molecule has 0 unspecified atom stereocenters. The van der Waals surface area contributed by atoms with E-state index in [1.165, 1.54) is 5.56 Å². The fourth-order valence-electron chi connectivity index (χ4n) is 2.99. The number of benzene rings is 2. The van der Waals surface area contributed by atoms with Crippen LogP contribution in [0.15, 0.2) is 54.6 Å². The van der Waals surface area contributed by atoms with E-state index in [4.69, 9.17) is 4.74 Å². The van der Waals surface area contributed by atoms with Crippen LogP contribution in [-0.2, 0) is 13.1 Å². The van der Waals surface area contributed by atoms with Crippen LogP contribution in [0, 0.1) is 0 Å². The highest BCUT2D eigenvalue weighted by Gasteiger charge is 2.24. The van der Waals surface area contributed by atoms with Crippen LogP contribution in [0.2, 0.25) is 0 Å². The van der Waals surface area contributed by atoms with Gasteiger partial charge in [-0.05, 0) is 29.8 Å². The standard InChI is InChI=1S/C18H18N4O/c1-23-15-9-7-14(8-10-15)18-17-11-19-16(12-22(17)21-20-18)13-5-3-2-4-6-13/h2-10,16,19H,11-12H2,1H3/t16-/m1/s1. The Labute approximate surface area is 134 Å². The first-order valence-corrected chi connectivity index (χ1v) is 7.70. The molecule has 1 aliphatic heterocycles. The van der Waals surface area contributed by atoms with Gasteiger partial charge in [0.05, 0.1) is 25.4 Å². The van der Waals surface area contributed by atoms with Gasteiger partial charge < -0.3 is 10.1 Å². The maximum absolute atomic E-state index is 5.21. The van der Waals surface area contributed by atoms with Gasteiger partial charge in [0, 0.05) is 12.1 Å². The summed E-state index contributed by atoms with van der Waals surface area (Å²) in [4.78, 5) is 0. The molecule has 0 saturated carbocycles. The summed E-state index contributed by atoms with van der Waals surface area (Å²) in [6.07, 6.45) is 0. The van der Waals surface area contributed by atoms with Gasteiger partial charge in [0.1, 0.15) is 11.4 Å². The van der Waals surface area contributed by atoms with Crippen LogP contribution in [0.5, 0.6) is 5.75 Å². The van der Waals surface area contributed by atoms with E-state index >= 15 is 0 Å². The second kappa shape index (κ2) is 5.85. The highest BCUT2D eigenvalue weighted by molar-refractivity contribution is 5.62. The molecular formula is C18H18N4O. The molecule has 5 nitrogen and oxygen atoms in total. The average Bonchev–Trinajstić information content (AvgIpc) is 3.05. The van der Waals surface area contributed by atoms with Crippen molar-refractivity contribution in [1.29, 1.82) is 0 Å². The highest BCUT2D eigenvalue weighted by Crippen LogP contribution is 2.28. The number of rotatable bonds is 3. The minimum atomic E-state index is 0.272. The summed E-state index contributed by atoms with van der Waals surface area (Å²) in [5.41, 5.74) is 4.40. The molecule has 1 atom stereocenters. The average molecular weight is 306 g/mol. The second-order valence-electron chi connectivity index (χ2n) is 5.64. The van der Waals surface area contributed by atoms with E-state index in [-0.39, 0.29) is 6.04 Å². The molecule has 0 amide bonds. The minimum Gasteiger partial charge on any atom is -0.497 e. The summed E-state index contributed by atoms with van der Waals surface area (Å²) in [5.74, 6) is 0.844. The van der Waals surface area contributed by atoms with Crippen molar-refractivity contribution in [3.05, 3.63) is 65.9 Å². The molecule has 0 radical (unpaired) electrons. The van der Waals surface area contributed by atoms with Crippen molar-refractivity contribution in [3.8, 4) is 17.0 Å². The van der Waals surface area contributed by atoms with E-state index in [0.717, 1.165) is 35.8 Å². The number of fused-ring (bicyclic) bond motifs is 1. The Morgan fingerprint density at radius 1 is 1.09 bits per heavy atom. The third-order valence-electron chi connectivity index (χ3n) is 4.27. The number of hydrogen-bond acceptors (Lipinski definition) is 4. The van der Waals surface area contributed by atoms with Crippen LogP contribution < -0.4 is 10.1 Å². The molecule has 1 N–H and O–H groups in total. The zero-order chi connectivity index (χ0) is 15.6. The Bertz CT molecular complexity index is 796. The number of aromatic nitrogens is 3. The highest BCUT2D eigenvalue weighted by atomic mass is 16.5. The zero-order valence-electron chi connectivity index (χ0n) is 12.9. The third kappa shape index (κ3) is 2.59. The Morgan fingerprint density at radius 2 is 1.87 bits per heavy atom. The Kier molecular flexibility index (Phi) is 3.55. The lowest BCUT2D eigenvalue weighted by atomic mass is 10.0. The Balaban J connectivity index is 1.61. The molecule has 3 aromatic rings. The molecule has 116 valence electrons. The van der Waals surface area contributed by atoms with Gasteiger partial charge in [-0.1, -0.05) is 35.5 Å². The predicted molar refractivity (Wildman–Crippen MR) is 88.0 cm³/mol. The molecule has 2 aromatic carbocycles. The molecule has 23 heavy (non-hydrogen) atoms. The van der Waals surface area contributed by atoms with E-state index in [1.807, 2.05) is 35.0 Å². The zero-order valence-corrected chi connectivity index (χ0v) is 12.9. The maximum atomic E-state index is 5.21. The van der Waals surface area contributed by atoms with Crippen molar-refractivity contribution in [2.45, 2.75) is 19.1 Å². The smallest absolute Gasteiger partial charge is 0.118 e. The number of hydrogen-bond donors (Lipinski definition) is 1. The molecule has 2 heterocycles. The summed E-state index contributed by atoms with van der Waals surface area (Å²) < 4.78 is 7.22. The van der Waals surface area contributed by atoms with Crippen molar-refractivity contribution in [3.63, 3.8) is 0 Å². The monoisotopic (exact) mass is 306 g/mol. The summed E-state index contributed by atoms with van der Waals surface area (Å²) in [5, 5.41) is 12.3. The van der Waals surface area contributed by atoms with Crippen LogP contribution in [0.25, 0.3) is 11.3 Å². The lowest BCUT2D eigenvalue weighted by Crippen LogP contribution is -2.32. The fraction of sp³-hybridized carbons (Fsp3) is 0.222. The summed E-state index contributed by atoms with van der Waals surface area (Å²) in [7, 11) is 1.67. The second-order valence-corrected chi connectivity index (χ2v) is 5.64. The predicted octanol–water partition coefficient (Wildman–Crippen LogP) is 2.80. The van der Waals surface area contributed by atoms with Gasteiger partial charge in [0.15, 0.2) is 0 Å². The lowest BCUT2D eigenvalue weighted by Gasteiger charge is -2.25. The van der Waals surface area contributed by atoms with Gasteiger partial charge >= 0.3 is 0 Å². The van der Waals surface area contributed by atoms with E-state index in [0.29, 0.717) is 0 Å². The Morgan fingerprint density at radius 3 is 2.61 bits per heavy atom. The first kappa shape index (κ1) is 14.0. The molecule has 1 aliphatic rings. The van der Waals surface area contributed by atoms with Crippen molar-refractivity contribution in [2.24, 2.45) is 0 Å². The van der Waals surface area contributed by atoms with E-state index < -0.39 is 0 Å². The molecular weight excluding hydrogens is 288 g/mol. The molecule has 1 aromatic heterocycles. The summed E-state index contributed by atoms with van der Waals surface area (Å²) in [6, 6.07) is 18.7. The molecule has 4 rings (SSSR count). The van der Waals surface area contributed by atoms with Gasteiger partial charge in [-0.25, -0.2) is 4.68 Å². The number of nitrogens with zero attached hydrogens (tertiary/aromatic N) is 3. The molecule has 0 fully saturated rings. The Hall–Kier alpha value is -2.66. The summed E-state index contributed by atoms with van der Waals surface area (Å²) in [6.45, 7) is 1.55. The van der Waals surface area contributed by atoms with Gasteiger partial charge in [0.25, 0.3) is 0 Å². The number of nitrogens with one attached hydrogen (secondary N) is 1. The van der Waals surface area contributed by atoms with Gasteiger partial charge in [-0.2, -0.15) is 0 Å². The molecule has 0 bridgehead atoms. The lowest BCUT2D eigenvalue weighted by molar-refractivity contribution is 0.373. The minimum absolute atomic E-state index is 0.272. The first-order valence-electron chi connectivity index (χ1n) is 7.70. The number of ether oxygens (including phenoxy) is 1. The molecule has 0 saturated heterocycles. The van der Waals surface area contributed by atoms with Crippen LogP contribution in [-0.4, -0.2) is 22.1 Å². The van der Waals surface area contributed by atoms with E-state index in [2.05, 4.69) is 39.9 Å². The van der Waals surface area contributed by atoms with E-state index in [9.17, 15) is 0 Å². The van der Waals surface area contributed by atoms with Crippen LogP contribution in [0.3, 0.4) is 0 Å². The van der Waals surface area contributed by atoms with Crippen LogP contribution in [0.4, 0.5) is 0 Å². The van der Waals surface area contributed by atoms with Gasteiger partial charge in [-0.3, -0.25) is 0 Å². The largest absolute Gasteiger partial charge is 0.497 e. The fourth-order valence-corrected chi connectivity index (χ4v) is 2.99. The molecule has 5 heteroatoms. The molecule has 0 spiro atoms. The first-order chi connectivity index (χ1) is 11.3. The van der Waals surface area contributed by atoms with Crippen LogP contribution in [0.1, 0.15) is 17.3 Å². The third-order valence-corrected chi connectivity index (χ3v) is 4.27. The van der Waals surface area contributed by atoms with Crippen molar-refractivity contribution >= 4 is 0 Å². The number of methoxy groups -OCH3 is 1. The normalized spacial score (nSPS) is 16.8. The molecule has 0 aliphatic carbocycles. The van der Waals surface area contributed by atoms with Gasteiger partial charge in [-0.15, -0.1) is 5.10 Å². The van der Waals surface area contributed by atoms with Crippen molar-refractivity contribution in [2.75, 3.05) is 7.11 Å². The quantitative estimate of drug-likeness (QED) is 0.808. The topological polar surface area (TPSA) is 52.0 Å². The van der Waals surface area contributed by atoms with Crippen molar-refractivity contribution < 1.29 is 4.74 Å². The van der Waals surface area contributed by atoms with Crippen LogP contribution >= 0.6 is 0 Å².